The number of para-hydroxylation sites is 4. The zero-order chi connectivity index (χ0) is 46.9. The number of benzene rings is 10. The van der Waals surface area contributed by atoms with E-state index in [1.807, 2.05) is 0 Å². The van der Waals surface area contributed by atoms with Crippen LogP contribution in [0.2, 0.25) is 0 Å². The highest BCUT2D eigenvalue weighted by Crippen LogP contribution is 2.41. The standard InChI is InChI=1S/C66H46N5/c1-42-35-48(36-43(2)65(42)68-34-33-67-41-47-15-3-4-20-52(47)66(67)68)46-30-32-64-58(39-46)56-24-8-12-28-62(56)71(64)51-19-14-18-50(40-51)70-61-27-11-7-23-55(61)57-38-45(29-31-63(57)70)44-16-13-17-49(37-44)69-59-25-9-5-21-53(59)54-22-6-10-26-60(54)69/h3-40H,41H2,1-2H3/q+1. The lowest BCUT2D eigenvalue weighted by Gasteiger charge is -2.14. The molecule has 0 saturated heterocycles. The van der Waals surface area contributed by atoms with Gasteiger partial charge >= 0.3 is 0 Å². The molecule has 334 valence electrons. The van der Waals surface area contributed by atoms with Crippen LogP contribution in [-0.2, 0) is 6.54 Å². The van der Waals surface area contributed by atoms with Crippen molar-refractivity contribution in [3.05, 3.63) is 247 Å². The first kappa shape index (κ1) is 39.8. The van der Waals surface area contributed by atoms with Gasteiger partial charge in [0.15, 0.2) is 0 Å². The molecular weight excluding hydrogens is 863 g/mol. The Kier molecular flexibility index (Phi) is 8.49. The van der Waals surface area contributed by atoms with Gasteiger partial charge in [0.1, 0.15) is 24.6 Å². The molecule has 14 aromatic rings. The highest BCUT2D eigenvalue weighted by molar-refractivity contribution is 6.13. The number of nitrogens with zero attached hydrogens (tertiary/aromatic N) is 5. The predicted octanol–water partition coefficient (Wildman–Crippen LogP) is 16.0. The first-order valence-corrected chi connectivity index (χ1v) is 24.6. The van der Waals surface area contributed by atoms with Crippen LogP contribution in [0.4, 0.5) is 0 Å². The van der Waals surface area contributed by atoms with Gasteiger partial charge in [0, 0.05) is 54.9 Å². The van der Waals surface area contributed by atoms with E-state index in [1.165, 1.54) is 121 Å². The van der Waals surface area contributed by atoms with Crippen molar-refractivity contribution in [1.82, 2.24) is 18.3 Å². The summed E-state index contributed by atoms with van der Waals surface area (Å²) in [6.45, 7) is 5.42. The number of aromatic nitrogens is 5. The molecule has 0 unspecified atom stereocenters. The fraction of sp³-hybridized carbons (Fsp3) is 0.0455. The predicted molar refractivity (Wildman–Crippen MR) is 294 cm³/mol. The van der Waals surface area contributed by atoms with E-state index in [0.29, 0.717) is 0 Å². The molecule has 0 aliphatic carbocycles. The maximum Gasteiger partial charge on any atom is 0.294 e. The number of hydrogen-bond acceptors (Lipinski definition) is 0. The molecule has 0 radical (unpaired) electrons. The summed E-state index contributed by atoms with van der Waals surface area (Å²) in [6.07, 6.45) is 4.44. The molecule has 15 rings (SSSR count). The maximum atomic E-state index is 2.44. The molecule has 0 spiro atoms. The van der Waals surface area contributed by atoms with E-state index < -0.39 is 0 Å². The van der Waals surface area contributed by atoms with Crippen LogP contribution in [0.3, 0.4) is 0 Å². The van der Waals surface area contributed by atoms with Gasteiger partial charge in [-0.1, -0.05) is 121 Å². The molecule has 0 saturated carbocycles. The third kappa shape index (κ3) is 5.90. The Bertz CT molecular complexity index is 4450. The van der Waals surface area contributed by atoms with Gasteiger partial charge in [-0.05, 0) is 144 Å². The molecule has 0 bridgehead atoms. The third-order valence-electron chi connectivity index (χ3n) is 15.3. The number of imidazole rings is 1. The average Bonchev–Trinajstić information content (AvgIpc) is 4.23. The van der Waals surface area contributed by atoms with E-state index in [4.69, 9.17) is 0 Å². The summed E-state index contributed by atoms with van der Waals surface area (Å²) >= 11 is 0. The second-order valence-electron chi connectivity index (χ2n) is 19.3. The Morgan fingerprint density at radius 1 is 0.352 bits per heavy atom. The number of hydrogen-bond donors (Lipinski definition) is 0. The zero-order valence-corrected chi connectivity index (χ0v) is 39.4. The highest BCUT2D eigenvalue weighted by Gasteiger charge is 2.31. The first-order chi connectivity index (χ1) is 35.0. The van der Waals surface area contributed by atoms with Crippen LogP contribution in [0.5, 0.6) is 0 Å². The molecule has 5 heterocycles. The van der Waals surface area contributed by atoms with Gasteiger partial charge in [-0.15, -0.1) is 0 Å². The summed E-state index contributed by atoms with van der Waals surface area (Å²) in [6, 6.07) is 80.7. The molecule has 0 atom stereocenters. The van der Waals surface area contributed by atoms with Crippen LogP contribution >= 0.6 is 0 Å². The van der Waals surface area contributed by atoms with E-state index in [9.17, 15) is 0 Å². The van der Waals surface area contributed by atoms with Crippen molar-refractivity contribution in [2.75, 3.05) is 0 Å². The van der Waals surface area contributed by atoms with Crippen molar-refractivity contribution in [2.45, 2.75) is 20.4 Å². The molecule has 4 aromatic heterocycles. The van der Waals surface area contributed by atoms with E-state index in [2.05, 4.69) is 267 Å². The quantitative estimate of drug-likeness (QED) is 0.148. The molecule has 5 heteroatoms. The fourth-order valence-electron chi connectivity index (χ4n) is 12.2. The van der Waals surface area contributed by atoms with Gasteiger partial charge in [-0.2, -0.15) is 4.57 Å². The maximum absolute atomic E-state index is 2.44. The molecule has 1 aliphatic rings. The molecule has 1 aliphatic heterocycles. The topological polar surface area (TPSA) is 23.6 Å². The Morgan fingerprint density at radius 3 is 1.35 bits per heavy atom. The molecule has 10 aromatic carbocycles. The molecule has 0 fully saturated rings. The van der Waals surface area contributed by atoms with Gasteiger partial charge < -0.3 is 13.7 Å². The van der Waals surface area contributed by atoms with Crippen molar-refractivity contribution >= 4 is 65.4 Å². The Balaban J connectivity index is 0.818. The third-order valence-corrected chi connectivity index (χ3v) is 15.3. The second-order valence-corrected chi connectivity index (χ2v) is 19.3. The first-order valence-electron chi connectivity index (χ1n) is 24.6. The molecule has 0 amide bonds. The summed E-state index contributed by atoms with van der Waals surface area (Å²) < 4.78 is 12.0. The van der Waals surface area contributed by atoms with Crippen molar-refractivity contribution in [3.63, 3.8) is 0 Å². The summed E-state index contributed by atoms with van der Waals surface area (Å²) in [5, 5.41) is 7.48. The van der Waals surface area contributed by atoms with Crippen LogP contribution in [-0.4, -0.2) is 18.3 Å². The minimum absolute atomic E-state index is 0.913. The Labute approximate surface area is 410 Å². The minimum atomic E-state index is 0.913. The van der Waals surface area contributed by atoms with Crippen molar-refractivity contribution < 1.29 is 4.57 Å². The lowest BCUT2D eigenvalue weighted by molar-refractivity contribution is -0.671. The van der Waals surface area contributed by atoms with E-state index in [-0.39, 0.29) is 0 Å². The van der Waals surface area contributed by atoms with Crippen molar-refractivity contribution in [1.29, 1.82) is 0 Å². The largest absolute Gasteiger partial charge is 0.309 e. The lowest BCUT2D eigenvalue weighted by Crippen LogP contribution is -2.30. The second kappa shape index (κ2) is 15.2. The Hall–Kier alpha value is -9.19. The highest BCUT2D eigenvalue weighted by atomic mass is 15.2. The monoisotopic (exact) mass is 908 g/mol. The number of aryl methyl sites for hydroxylation is 2. The molecule has 0 N–H and O–H groups in total. The SMILES string of the molecule is Cc1cc(-c2ccc3c(c2)c2ccccc2n3-c2cccc(-n3c4ccccc4c4cc(-c5cccc(-n6c7ccccc7c7ccccc76)c5)ccc43)c2)cc(C)c1-n1cc[n+]2c1-c1ccccc1C2. The summed E-state index contributed by atoms with van der Waals surface area (Å²) in [5.74, 6) is 1.25. The van der Waals surface area contributed by atoms with Crippen LogP contribution in [0.15, 0.2) is 231 Å². The van der Waals surface area contributed by atoms with Crippen molar-refractivity contribution in [3.8, 4) is 56.4 Å². The lowest BCUT2D eigenvalue weighted by atomic mass is 9.97. The normalized spacial score (nSPS) is 12.3. The minimum Gasteiger partial charge on any atom is -0.309 e. The van der Waals surface area contributed by atoms with Crippen LogP contribution < -0.4 is 4.57 Å². The Morgan fingerprint density at radius 2 is 0.789 bits per heavy atom. The summed E-state index contributed by atoms with van der Waals surface area (Å²) in [4.78, 5) is 0. The van der Waals surface area contributed by atoms with Gasteiger partial charge in [-0.25, -0.2) is 4.57 Å². The average molecular weight is 909 g/mol. The van der Waals surface area contributed by atoms with Gasteiger partial charge in [-0.3, -0.25) is 0 Å². The smallest absolute Gasteiger partial charge is 0.294 e. The zero-order valence-electron chi connectivity index (χ0n) is 39.4. The van der Waals surface area contributed by atoms with Crippen LogP contribution in [0.25, 0.3) is 122 Å². The van der Waals surface area contributed by atoms with Crippen molar-refractivity contribution in [2.24, 2.45) is 0 Å². The van der Waals surface area contributed by atoms with Gasteiger partial charge in [0.2, 0.25) is 0 Å². The summed E-state index contributed by atoms with van der Waals surface area (Å²) in [7, 11) is 0. The van der Waals surface area contributed by atoms with Gasteiger partial charge in [0.25, 0.3) is 5.82 Å². The van der Waals surface area contributed by atoms with Gasteiger partial charge in [0.05, 0.1) is 38.7 Å². The molecule has 71 heavy (non-hydrogen) atoms. The summed E-state index contributed by atoms with van der Waals surface area (Å²) in [5.41, 5.74) is 21.8. The fourth-order valence-corrected chi connectivity index (χ4v) is 12.2. The van der Waals surface area contributed by atoms with Crippen LogP contribution in [0, 0.1) is 13.8 Å². The van der Waals surface area contributed by atoms with E-state index in [1.54, 1.807) is 0 Å². The van der Waals surface area contributed by atoms with Crippen LogP contribution in [0.1, 0.15) is 16.7 Å². The number of rotatable bonds is 6. The molecular formula is C66H46N5+. The van der Waals surface area contributed by atoms with E-state index >= 15 is 0 Å². The number of fused-ring (bicyclic) bond motifs is 12. The van der Waals surface area contributed by atoms with E-state index in [0.717, 1.165) is 23.6 Å². The molecule has 5 nitrogen and oxygen atoms in total.